The number of carboxylic acid groups (broad SMARTS) is 1. The van der Waals surface area contributed by atoms with Crippen LogP contribution in [0.2, 0.25) is 5.02 Å². The van der Waals surface area contributed by atoms with Crippen molar-refractivity contribution in [2.24, 2.45) is 11.8 Å². The van der Waals surface area contributed by atoms with E-state index in [0.29, 0.717) is 17.4 Å². The molecule has 1 saturated carbocycles. The van der Waals surface area contributed by atoms with Crippen molar-refractivity contribution < 1.29 is 18.8 Å². The van der Waals surface area contributed by atoms with Gasteiger partial charge in [-0.25, -0.2) is 13.3 Å². The van der Waals surface area contributed by atoms with E-state index in [9.17, 15) is 14.1 Å². The van der Waals surface area contributed by atoms with E-state index in [4.69, 9.17) is 16.3 Å². The first-order valence-electron chi connectivity index (χ1n) is 12.8. The SMILES string of the molecule is CC1CC(c2cc3c(cc2Cl)N(C2=CC=CCC2)C[C@@H](C2CCCCC2)N(C)S3=O)OC1C(=O)O. The summed E-state index contributed by atoms with van der Waals surface area (Å²) < 4.78 is 22.0. The highest BCUT2D eigenvalue weighted by atomic mass is 35.5. The number of hydrogen-bond donors (Lipinski definition) is 1. The summed E-state index contributed by atoms with van der Waals surface area (Å²) in [6, 6.07) is 4.03. The summed E-state index contributed by atoms with van der Waals surface area (Å²) in [6.07, 6.45) is 13.8. The molecule has 8 heteroatoms. The molecular weight excluding hydrogens is 484 g/mol. The number of fused-ring (bicyclic) bond motifs is 1. The molecule has 2 aliphatic heterocycles. The minimum absolute atomic E-state index is 0.119. The van der Waals surface area contributed by atoms with Crippen molar-refractivity contribution in [1.82, 2.24) is 4.31 Å². The molecule has 6 nitrogen and oxygen atoms in total. The second kappa shape index (κ2) is 10.4. The van der Waals surface area contributed by atoms with Crippen LogP contribution in [-0.2, 0) is 20.5 Å². The molecule has 5 atom stereocenters. The molecule has 0 spiro atoms. The number of allylic oxidation sites excluding steroid dienone is 4. The van der Waals surface area contributed by atoms with Crippen molar-refractivity contribution in [1.29, 1.82) is 0 Å². The number of likely N-dealkylation sites (N-methyl/N-ethyl adjacent to an activating group) is 1. The molecule has 2 heterocycles. The molecule has 1 aromatic carbocycles. The third-order valence-electron chi connectivity index (χ3n) is 8.19. The zero-order valence-electron chi connectivity index (χ0n) is 20.5. The summed E-state index contributed by atoms with van der Waals surface area (Å²) in [5.74, 6) is -0.556. The highest BCUT2D eigenvalue weighted by Gasteiger charge is 2.41. The maximum absolute atomic E-state index is 14.0. The average molecular weight is 519 g/mol. The van der Waals surface area contributed by atoms with Crippen LogP contribution < -0.4 is 4.90 Å². The van der Waals surface area contributed by atoms with Crippen molar-refractivity contribution in [2.75, 3.05) is 18.5 Å². The fourth-order valence-electron chi connectivity index (χ4n) is 6.22. The van der Waals surface area contributed by atoms with Crippen molar-refractivity contribution in [3.8, 4) is 0 Å². The third kappa shape index (κ3) is 4.85. The van der Waals surface area contributed by atoms with Gasteiger partial charge in [-0.15, -0.1) is 0 Å². The van der Waals surface area contributed by atoms with Gasteiger partial charge in [0.25, 0.3) is 0 Å². The van der Waals surface area contributed by atoms with E-state index in [1.807, 2.05) is 26.1 Å². The molecule has 4 aliphatic rings. The number of carboxylic acids is 1. The van der Waals surface area contributed by atoms with Crippen molar-refractivity contribution in [3.05, 3.63) is 46.6 Å². The molecule has 4 unspecified atom stereocenters. The maximum atomic E-state index is 14.0. The first-order valence-corrected chi connectivity index (χ1v) is 14.3. The number of carbonyl (C=O) groups is 1. The Morgan fingerprint density at radius 1 is 1.23 bits per heavy atom. The fourth-order valence-corrected chi connectivity index (χ4v) is 7.87. The molecule has 2 fully saturated rings. The van der Waals surface area contributed by atoms with Gasteiger partial charge in [-0.3, -0.25) is 0 Å². The van der Waals surface area contributed by atoms with Crippen LogP contribution in [0.5, 0.6) is 0 Å². The van der Waals surface area contributed by atoms with Gasteiger partial charge in [0.2, 0.25) is 0 Å². The Morgan fingerprint density at radius 3 is 2.66 bits per heavy atom. The fraction of sp³-hybridized carbons (Fsp3) is 0.593. The molecule has 0 bridgehead atoms. The minimum atomic E-state index is -1.36. The standard InChI is InChI=1S/C27H35ClN2O4S/c1-17-13-24(34-26(17)27(31)32)20-14-25-22(15-21(20)28)30(19-11-7-4-8-12-19)16-23(29(2)35(25)33)18-9-5-3-6-10-18/h4,7,11,14-15,17-18,23-24,26H,3,5-6,8-10,12-13,16H2,1-2H3,(H,31,32)/t17?,23-,24?,26?,35?/m0/s1. The van der Waals surface area contributed by atoms with Crippen molar-refractivity contribution >= 4 is 34.2 Å². The number of halogens is 1. The molecule has 1 N–H and O–H groups in total. The topological polar surface area (TPSA) is 70.1 Å². The molecule has 0 amide bonds. The number of rotatable bonds is 4. The van der Waals surface area contributed by atoms with E-state index in [0.717, 1.165) is 35.5 Å². The van der Waals surface area contributed by atoms with Gasteiger partial charge in [0, 0.05) is 35.9 Å². The Kier molecular flexibility index (Phi) is 7.40. The normalized spacial score (nSPS) is 32.3. The Balaban J connectivity index is 1.56. The van der Waals surface area contributed by atoms with Crippen LogP contribution in [0.4, 0.5) is 5.69 Å². The number of benzene rings is 1. The molecular formula is C27H35ClN2O4S. The average Bonchev–Trinajstić information content (AvgIpc) is 3.22. The van der Waals surface area contributed by atoms with E-state index >= 15 is 0 Å². The predicted molar refractivity (Wildman–Crippen MR) is 139 cm³/mol. The number of ether oxygens (including phenoxy) is 1. The lowest BCUT2D eigenvalue weighted by atomic mass is 9.83. The van der Waals surface area contributed by atoms with Crippen LogP contribution in [0.1, 0.15) is 70.0 Å². The van der Waals surface area contributed by atoms with E-state index < -0.39 is 29.2 Å². The molecule has 35 heavy (non-hydrogen) atoms. The van der Waals surface area contributed by atoms with Gasteiger partial charge in [-0.05, 0) is 62.1 Å². The lowest BCUT2D eigenvalue weighted by Crippen LogP contribution is -2.45. The molecule has 190 valence electrons. The summed E-state index contributed by atoms with van der Waals surface area (Å²) in [5.41, 5.74) is 2.85. The highest BCUT2D eigenvalue weighted by Crippen LogP contribution is 2.45. The summed E-state index contributed by atoms with van der Waals surface area (Å²) in [6.45, 7) is 2.68. The van der Waals surface area contributed by atoms with Crippen LogP contribution in [0, 0.1) is 11.8 Å². The van der Waals surface area contributed by atoms with Crippen LogP contribution in [0.15, 0.2) is 41.0 Å². The Labute approximate surface area is 215 Å². The van der Waals surface area contributed by atoms with E-state index in [2.05, 4.69) is 27.4 Å². The van der Waals surface area contributed by atoms with Gasteiger partial charge >= 0.3 is 5.97 Å². The predicted octanol–water partition coefficient (Wildman–Crippen LogP) is 5.85. The van der Waals surface area contributed by atoms with Crippen LogP contribution in [0.3, 0.4) is 0 Å². The number of anilines is 1. The number of aliphatic carboxylic acids is 1. The van der Waals surface area contributed by atoms with Gasteiger partial charge in [-0.1, -0.05) is 49.9 Å². The molecule has 5 rings (SSSR count). The summed E-state index contributed by atoms with van der Waals surface area (Å²) in [4.78, 5) is 14.7. The Bertz CT molecular complexity index is 1070. The van der Waals surface area contributed by atoms with Crippen LogP contribution in [0.25, 0.3) is 0 Å². The van der Waals surface area contributed by atoms with Gasteiger partial charge in [0.1, 0.15) is 11.0 Å². The van der Waals surface area contributed by atoms with Crippen molar-refractivity contribution in [2.45, 2.75) is 81.4 Å². The zero-order valence-corrected chi connectivity index (χ0v) is 22.1. The second-order valence-corrected chi connectivity index (χ2v) is 12.4. The summed E-state index contributed by atoms with van der Waals surface area (Å²) in [5, 5.41) is 10.1. The second-order valence-electron chi connectivity index (χ2n) is 10.4. The lowest BCUT2D eigenvalue weighted by Gasteiger charge is -2.37. The Hall–Kier alpha value is -1.67. The first-order chi connectivity index (χ1) is 16.8. The molecule has 0 aromatic heterocycles. The van der Waals surface area contributed by atoms with Gasteiger partial charge in [-0.2, -0.15) is 0 Å². The van der Waals surface area contributed by atoms with E-state index in [1.165, 1.54) is 37.8 Å². The number of hydrogen-bond acceptors (Lipinski definition) is 4. The number of nitrogens with zero attached hydrogens (tertiary/aromatic N) is 2. The quantitative estimate of drug-likeness (QED) is 0.541. The first kappa shape index (κ1) is 25.0. The van der Waals surface area contributed by atoms with Crippen LogP contribution in [-0.4, -0.2) is 45.3 Å². The molecule has 1 aromatic rings. The maximum Gasteiger partial charge on any atom is 0.333 e. The summed E-state index contributed by atoms with van der Waals surface area (Å²) in [7, 11) is 0.624. The third-order valence-corrected chi connectivity index (χ3v) is 10.0. The lowest BCUT2D eigenvalue weighted by molar-refractivity contribution is -0.151. The smallest absolute Gasteiger partial charge is 0.333 e. The molecule has 0 radical (unpaired) electrons. The van der Waals surface area contributed by atoms with Gasteiger partial charge in [0.05, 0.1) is 16.7 Å². The summed E-state index contributed by atoms with van der Waals surface area (Å²) >= 11 is 6.84. The van der Waals surface area contributed by atoms with Gasteiger partial charge in [0.15, 0.2) is 6.10 Å². The van der Waals surface area contributed by atoms with Crippen molar-refractivity contribution in [3.63, 3.8) is 0 Å². The molecule has 2 aliphatic carbocycles. The monoisotopic (exact) mass is 518 g/mol. The van der Waals surface area contributed by atoms with E-state index in [1.54, 1.807) is 0 Å². The Morgan fingerprint density at radius 2 is 2.00 bits per heavy atom. The van der Waals surface area contributed by atoms with Gasteiger partial charge < -0.3 is 14.7 Å². The van der Waals surface area contributed by atoms with Crippen LogP contribution >= 0.6 is 11.6 Å². The minimum Gasteiger partial charge on any atom is -0.479 e. The zero-order chi connectivity index (χ0) is 24.7. The largest absolute Gasteiger partial charge is 0.479 e. The highest BCUT2D eigenvalue weighted by molar-refractivity contribution is 7.82. The van der Waals surface area contributed by atoms with E-state index in [-0.39, 0.29) is 12.0 Å². The molecule has 1 saturated heterocycles.